The molecule has 2 aromatic rings. The fourth-order valence-corrected chi connectivity index (χ4v) is 3.07. The quantitative estimate of drug-likeness (QED) is 0.723. The summed E-state index contributed by atoms with van der Waals surface area (Å²) in [6.45, 7) is 5.37. The molecule has 6 nitrogen and oxygen atoms in total. The highest BCUT2D eigenvalue weighted by Gasteiger charge is 2.18. The Balaban J connectivity index is 2.14. The van der Waals surface area contributed by atoms with Gasteiger partial charge in [0.15, 0.2) is 0 Å². The highest BCUT2D eigenvalue weighted by molar-refractivity contribution is 5.96. The number of hydrogen-bond acceptors (Lipinski definition) is 3. The predicted octanol–water partition coefficient (Wildman–Crippen LogP) is 3.22. The maximum absolute atomic E-state index is 12.8. The Morgan fingerprint density at radius 2 is 1.71 bits per heavy atom. The molecule has 28 heavy (non-hydrogen) atoms. The van der Waals surface area contributed by atoms with E-state index in [0.29, 0.717) is 25.1 Å². The summed E-state index contributed by atoms with van der Waals surface area (Å²) < 4.78 is 1.34. The zero-order valence-corrected chi connectivity index (χ0v) is 16.9. The first-order chi connectivity index (χ1) is 13.5. The van der Waals surface area contributed by atoms with E-state index in [2.05, 4.69) is 5.32 Å². The summed E-state index contributed by atoms with van der Waals surface area (Å²) in [6, 6.07) is 11.2. The van der Waals surface area contributed by atoms with Crippen LogP contribution in [0.5, 0.6) is 0 Å². The van der Waals surface area contributed by atoms with Crippen molar-refractivity contribution in [2.24, 2.45) is 7.05 Å². The number of amides is 2. The van der Waals surface area contributed by atoms with Crippen LogP contribution in [-0.4, -0.2) is 34.4 Å². The fraction of sp³-hybridized carbons (Fsp3) is 0.409. The Morgan fingerprint density at radius 1 is 1.07 bits per heavy atom. The smallest absolute Gasteiger partial charge is 0.274 e. The Bertz CT molecular complexity index is 853. The van der Waals surface area contributed by atoms with Crippen LogP contribution in [0, 0.1) is 0 Å². The normalized spacial score (nSPS) is 10.5. The van der Waals surface area contributed by atoms with Crippen molar-refractivity contribution in [2.75, 3.05) is 18.4 Å². The van der Waals surface area contributed by atoms with Gasteiger partial charge in [0.05, 0.1) is 5.56 Å². The predicted molar refractivity (Wildman–Crippen MR) is 112 cm³/mol. The molecule has 0 saturated carbocycles. The van der Waals surface area contributed by atoms with Crippen LogP contribution in [0.25, 0.3) is 0 Å². The van der Waals surface area contributed by atoms with Gasteiger partial charge < -0.3 is 14.8 Å². The van der Waals surface area contributed by atoms with Gasteiger partial charge in [-0.1, -0.05) is 44.2 Å². The highest BCUT2D eigenvalue weighted by atomic mass is 16.2. The topological polar surface area (TPSA) is 71.4 Å². The van der Waals surface area contributed by atoms with Gasteiger partial charge in [0.2, 0.25) is 5.91 Å². The molecule has 6 heteroatoms. The second kappa shape index (κ2) is 10.4. The van der Waals surface area contributed by atoms with E-state index in [-0.39, 0.29) is 29.5 Å². The molecule has 0 aliphatic heterocycles. The Hall–Kier alpha value is -2.89. The molecule has 0 fully saturated rings. The average Bonchev–Trinajstić information content (AvgIpc) is 2.69. The van der Waals surface area contributed by atoms with Crippen LogP contribution >= 0.6 is 0 Å². The molecule has 1 heterocycles. The molecule has 150 valence electrons. The third kappa shape index (κ3) is 5.81. The second-order valence-electron chi connectivity index (χ2n) is 6.88. The van der Waals surface area contributed by atoms with Gasteiger partial charge in [-0.05, 0) is 30.9 Å². The molecule has 1 N–H and O–H groups in total. The highest BCUT2D eigenvalue weighted by Crippen LogP contribution is 2.11. The zero-order valence-electron chi connectivity index (χ0n) is 16.9. The lowest BCUT2D eigenvalue weighted by Gasteiger charge is -2.22. The van der Waals surface area contributed by atoms with Gasteiger partial charge in [-0.3, -0.25) is 14.4 Å². The second-order valence-corrected chi connectivity index (χ2v) is 6.88. The SMILES string of the molecule is CCCN(CCC)C(=O)c1cc(NC(=O)CCc2ccccc2)c(=O)n(C)c1. The molecule has 1 aromatic carbocycles. The van der Waals surface area contributed by atoms with Crippen molar-refractivity contribution in [1.82, 2.24) is 9.47 Å². The number of anilines is 1. The summed E-state index contributed by atoms with van der Waals surface area (Å²) in [7, 11) is 1.59. The number of aryl methyl sites for hydroxylation is 2. The van der Waals surface area contributed by atoms with Crippen LogP contribution < -0.4 is 10.9 Å². The standard InChI is InChI=1S/C22H29N3O3/c1-4-13-25(14-5-2)21(27)18-15-19(22(28)24(3)16-18)23-20(26)12-11-17-9-7-6-8-10-17/h6-10,15-16H,4-5,11-14H2,1-3H3,(H,23,26). The maximum atomic E-state index is 12.8. The molecule has 1 aromatic heterocycles. The summed E-state index contributed by atoms with van der Waals surface area (Å²) in [5, 5.41) is 2.68. The molecule has 2 amide bonds. The van der Waals surface area contributed by atoms with Crippen molar-refractivity contribution in [3.05, 3.63) is 64.1 Å². The van der Waals surface area contributed by atoms with E-state index < -0.39 is 0 Å². The molecule has 0 aliphatic carbocycles. The number of pyridine rings is 1. The van der Waals surface area contributed by atoms with E-state index in [1.54, 1.807) is 11.9 Å². The average molecular weight is 383 g/mol. The summed E-state index contributed by atoms with van der Waals surface area (Å²) in [6.07, 6.45) is 4.11. The molecule has 0 atom stereocenters. The van der Waals surface area contributed by atoms with Crippen LogP contribution in [0.3, 0.4) is 0 Å². The first kappa shape index (κ1) is 21.4. The Kier molecular flexibility index (Phi) is 7.99. The fourth-order valence-electron chi connectivity index (χ4n) is 3.07. The third-order valence-corrected chi connectivity index (χ3v) is 4.46. The number of carbonyl (C=O) groups is 2. The number of nitrogens with one attached hydrogen (secondary N) is 1. The lowest BCUT2D eigenvalue weighted by Crippen LogP contribution is -2.34. The lowest BCUT2D eigenvalue weighted by atomic mass is 10.1. The van der Waals surface area contributed by atoms with E-state index in [9.17, 15) is 14.4 Å². The molecule has 0 aliphatic rings. The molecule has 0 saturated heterocycles. The largest absolute Gasteiger partial charge is 0.339 e. The first-order valence-corrected chi connectivity index (χ1v) is 9.80. The van der Waals surface area contributed by atoms with E-state index in [1.807, 2.05) is 44.2 Å². The Morgan fingerprint density at radius 3 is 2.32 bits per heavy atom. The summed E-state index contributed by atoms with van der Waals surface area (Å²) in [5.41, 5.74) is 1.27. The monoisotopic (exact) mass is 383 g/mol. The van der Waals surface area contributed by atoms with E-state index in [1.165, 1.54) is 16.8 Å². The van der Waals surface area contributed by atoms with Crippen molar-refractivity contribution in [2.45, 2.75) is 39.5 Å². The van der Waals surface area contributed by atoms with Crippen molar-refractivity contribution < 1.29 is 9.59 Å². The number of hydrogen-bond donors (Lipinski definition) is 1. The number of benzene rings is 1. The van der Waals surface area contributed by atoms with Gasteiger partial charge in [0, 0.05) is 32.8 Å². The van der Waals surface area contributed by atoms with Gasteiger partial charge in [0.25, 0.3) is 11.5 Å². The van der Waals surface area contributed by atoms with Crippen LogP contribution in [0.2, 0.25) is 0 Å². The summed E-state index contributed by atoms with van der Waals surface area (Å²) in [5.74, 6) is -0.372. The van der Waals surface area contributed by atoms with Crippen molar-refractivity contribution in [1.29, 1.82) is 0 Å². The van der Waals surface area contributed by atoms with Gasteiger partial charge >= 0.3 is 0 Å². The van der Waals surface area contributed by atoms with Gasteiger partial charge in [-0.2, -0.15) is 0 Å². The zero-order chi connectivity index (χ0) is 20.5. The van der Waals surface area contributed by atoms with Crippen LogP contribution in [-0.2, 0) is 18.3 Å². The molecule has 0 bridgehead atoms. The van der Waals surface area contributed by atoms with Crippen molar-refractivity contribution in [3.8, 4) is 0 Å². The minimum absolute atomic E-state index is 0.126. The van der Waals surface area contributed by atoms with Gasteiger partial charge in [0.1, 0.15) is 5.69 Å². The molecule has 2 rings (SSSR count). The first-order valence-electron chi connectivity index (χ1n) is 9.80. The number of nitrogens with zero attached hydrogens (tertiary/aromatic N) is 2. The number of aromatic nitrogens is 1. The summed E-state index contributed by atoms with van der Waals surface area (Å²) in [4.78, 5) is 39.3. The van der Waals surface area contributed by atoms with Crippen molar-refractivity contribution in [3.63, 3.8) is 0 Å². The van der Waals surface area contributed by atoms with Crippen LogP contribution in [0.1, 0.15) is 49.0 Å². The van der Waals surface area contributed by atoms with E-state index in [4.69, 9.17) is 0 Å². The summed E-state index contributed by atoms with van der Waals surface area (Å²) >= 11 is 0. The van der Waals surface area contributed by atoms with Crippen LogP contribution in [0.4, 0.5) is 5.69 Å². The lowest BCUT2D eigenvalue weighted by molar-refractivity contribution is -0.116. The molecule has 0 unspecified atom stereocenters. The van der Waals surface area contributed by atoms with Crippen LogP contribution in [0.15, 0.2) is 47.4 Å². The van der Waals surface area contributed by atoms with Crippen molar-refractivity contribution >= 4 is 17.5 Å². The molecule has 0 radical (unpaired) electrons. The minimum atomic E-state index is -0.331. The number of carbonyl (C=O) groups excluding carboxylic acids is 2. The molecular formula is C22H29N3O3. The number of rotatable bonds is 9. The molecular weight excluding hydrogens is 354 g/mol. The minimum Gasteiger partial charge on any atom is -0.339 e. The van der Waals surface area contributed by atoms with Gasteiger partial charge in [-0.25, -0.2) is 0 Å². The maximum Gasteiger partial charge on any atom is 0.274 e. The molecule has 0 spiro atoms. The van der Waals surface area contributed by atoms with Gasteiger partial charge in [-0.15, -0.1) is 0 Å². The van der Waals surface area contributed by atoms with E-state index in [0.717, 1.165) is 18.4 Å². The Labute approximate surface area is 166 Å². The van der Waals surface area contributed by atoms with E-state index >= 15 is 0 Å². The third-order valence-electron chi connectivity index (χ3n) is 4.46.